The highest BCUT2D eigenvalue weighted by Crippen LogP contribution is 2.37. The second kappa shape index (κ2) is 11.7. The highest BCUT2D eigenvalue weighted by Gasteiger charge is 2.32. The van der Waals surface area contributed by atoms with Gasteiger partial charge in [0.15, 0.2) is 6.23 Å². The largest absolute Gasteiger partial charge is 0.470 e. The Morgan fingerprint density at radius 2 is 1.90 bits per heavy atom. The number of pyridine rings is 1. The number of amides is 1. The van der Waals surface area contributed by atoms with Crippen molar-refractivity contribution in [1.29, 1.82) is 0 Å². The van der Waals surface area contributed by atoms with E-state index >= 15 is 0 Å². The summed E-state index contributed by atoms with van der Waals surface area (Å²) in [5, 5.41) is 6.94. The molecule has 2 aromatic carbocycles. The maximum absolute atomic E-state index is 13.1. The Labute approximate surface area is 248 Å². The normalized spacial score (nSPS) is 15.4. The van der Waals surface area contributed by atoms with Crippen LogP contribution in [0.4, 0.5) is 16.4 Å². The third-order valence-corrected chi connectivity index (χ3v) is 7.60. The van der Waals surface area contributed by atoms with Crippen molar-refractivity contribution in [3.8, 4) is 27.4 Å². The molecule has 3 aromatic heterocycles. The lowest BCUT2D eigenvalue weighted by atomic mass is 10.1. The zero-order chi connectivity index (χ0) is 29.1. The van der Waals surface area contributed by atoms with E-state index in [2.05, 4.69) is 20.3 Å². The van der Waals surface area contributed by atoms with Crippen molar-refractivity contribution in [3.05, 3.63) is 78.7 Å². The number of thiazole rings is 1. The summed E-state index contributed by atoms with van der Waals surface area (Å²) >= 11 is 1.53. The fraction of sp³-hybridized carbons (Fsp3) is 0.281. The van der Waals surface area contributed by atoms with Crippen LogP contribution in [0.5, 0.6) is 5.75 Å². The van der Waals surface area contributed by atoms with Gasteiger partial charge in [0, 0.05) is 65.8 Å². The van der Waals surface area contributed by atoms with Gasteiger partial charge in [0.05, 0.1) is 11.1 Å². The van der Waals surface area contributed by atoms with Crippen molar-refractivity contribution in [2.45, 2.75) is 51.9 Å². The number of carbonyl (C=O) groups excluding carboxylic acids is 1. The molecular weight excluding hydrogens is 548 g/mol. The number of nitrogens with zero attached hydrogens (tertiary/aromatic N) is 5. The van der Waals surface area contributed by atoms with Gasteiger partial charge in [0.1, 0.15) is 16.4 Å². The number of nitrogens with one attached hydrogen (secondary N) is 1. The summed E-state index contributed by atoms with van der Waals surface area (Å²) in [7, 11) is 0. The van der Waals surface area contributed by atoms with Gasteiger partial charge >= 0.3 is 6.09 Å². The van der Waals surface area contributed by atoms with Crippen molar-refractivity contribution >= 4 is 40.0 Å². The first kappa shape index (κ1) is 27.6. The Hall–Kier alpha value is -4.57. The average molecular weight is 581 g/mol. The molecule has 6 rings (SSSR count). The van der Waals surface area contributed by atoms with E-state index in [1.54, 1.807) is 23.5 Å². The van der Waals surface area contributed by atoms with Gasteiger partial charge in [-0.1, -0.05) is 18.2 Å². The molecule has 10 heteroatoms. The Kier molecular flexibility index (Phi) is 7.71. The van der Waals surface area contributed by atoms with Gasteiger partial charge in [0.25, 0.3) is 0 Å². The standard InChI is InChI=1S/C32H32N6O3S/c1-32(2,3)41-31(39)38-14-5-4-11-28(38)40-27-18-26-23(17-25(27)29-34-13-15-42-29)20-35-30(37-26)36-24-10-6-8-21(16-24)22-9-7-12-33-19-22/h6-10,12-13,15-20,28H,4-5,11,14H2,1-3H3,(H,35,36,37). The lowest BCUT2D eigenvalue weighted by molar-refractivity contribution is -0.0339. The van der Waals surface area contributed by atoms with E-state index in [-0.39, 0.29) is 6.09 Å². The second-order valence-electron chi connectivity index (χ2n) is 11.1. The molecule has 0 saturated carbocycles. The zero-order valence-electron chi connectivity index (χ0n) is 23.8. The third kappa shape index (κ3) is 6.33. The van der Waals surface area contributed by atoms with Gasteiger partial charge in [-0.25, -0.2) is 19.7 Å². The van der Waals surface area contributed by atoms with Crippen molar-refractivity contribution in [3.63, 3.8) is 0 Å². The zero-order valence-corrected chi connectivity index (χ0v) is 24.6. The fourth-order valence-corrected chi connectivity index (χ4v) is 5.54. The van der Waals surface area contributed by atoms with Crippen LogP contribution < -0.4 is 10.1 Å². The third-order valence-electron chi connectivity index (χ3n) is 6.80. The molecule has 1 atom stereocenters. The fourth-order valence-electron chi connectivity index (χ4n) is 4.88. The molecule has 1 aliphatic heterocycles. The van der Waals surface area contributed by atoms with Gasteiger partial charge < -0.3 is 14.8 Å². The molecular formula is C32H32N6O3S. The van der Waals surface area contributed by atoms with E-state index in [0.717, 1.165) is 45.6 Å². The first-order valence-electron chi connectivity index (χ1n) is 14.0. The summed E-state index contributed by atoms with van der Waals surface area (Å²) in [4.78, 5) is 32.9. The number of ether oxygens (including phenoxy) is 2. The summed E-state index contributed by atoms with van der Waals surface area (Å²) in [6.07, 6.45) is 8.90. The van der Waals surface area contributed by atoms with E-state index < -0.39 is 11.8 Å². The Bertz CT molecular complexity index is 1690. The first-order chi connectivity index (χ1) is 20.3. The molecule has 42 heavy (non-hydrogen) atoms. The predicted molar refractivity (Wildman–Crippen MR) is 165 cm³/mol. The number of aromatic nitrogens is 4. The number of carbonyl (C=O) groups is 1. The molecule has 0 bridgehead atoms. The Balaban J connectivity index is 1.32. The van der Waals surface area contributed by atoms with Crippen LogP contribution in [0, 0.1) is 0 Å². The van der Waals surface area contributed by atoms with Crippen LogP contribution in [0.25, 0.3) is 32.6 Å². The summed E-state index contributed by atoms with van der Waals surface area (Å²) in [6.45, 7) is 6.19. The number of hydrogen-bond acceptors (Lipinski definition) is 9. The minimum Gasteiger partial charge on any atom is -0.470 e. The minimum atomic E-state index is -0.591. The number of fused-ring (bicyclic) bond motifs is 1. The Morgan fingerprint density at radius 1 is 1.02 bits per heavy atom. The minimum absolute atomic E-state index is 0.369. The highest BCUT2D eigenvalue weighted by atomic mass is 32.1. The average Bonchev–Trinajstić information content (AvgIpc) is 3.52. The molecule has 4 heterocycles. The predicted octanol–water partition coefficient (Wildman–Crippen LogP) is 7.68. The number of likely N-dealkylation sites (tertiary alicyclic amines) is 1. The van der Waals surface area contributed by atoms with Gasteiger partial charge in [-0.05, 0) is 63.4 Å². The molecule has 9 nitrogen and oxygen atoms in total. The smallest absolute Gasteiger partial charge is 0.413 e. The van der Waals surface area contributed by atoms with E-state index in [0.29, 0.717) is 30.2 Å². The van der Waals surface area contributed by atoms with Crippen LogP contribution in [-0.4, -0.2) is 49.3 Å². The molecule has 214 valence electrons. The van der Waals surface area contributed by atoms with E-state index in [9.17, 15) is 4.79 Å². The topological polar surface area (TPSA) is 102 Å². The monoisotopic (exact) mass is 580 g/mol. The molecule has 1 N–H and O–H groups in total. The van der Waals surface area contributed by atoms with Crippen molar-refractivity contribution in [2.75, 3.05) is 11.9 Å². The van der Waals surface area contributed by atoms with Crippen molar-refractivity contribution in [1.82, 2.24) is 24.8 Å². The van der Waals surface area contributed by atoms with Gasteiger partial charge in [0.2, 0.25) is 5.95 Å². The maximum atomic E-state index is 13.1. The molecule has 0 spiro atoms. The molecule has 1 saturated heterocycles. The number of anilines is 2. The summed E-state index contributed by atoms with van der Waals surface area (Å²) < 4.78 is 12.3. The van der Waals surface area contributed by atoms with E-state index in [1.807, 2.05) is 80.9 Å². The number of piperidine rings is 1. The van der Waals surface area contributed by atoms with Crippen LogP contribution in [0.2, 0.25) is 0 Å². The van der Waals surface area contributed by atoms with Crippen LogP contribution in [0.1, 0.15) is 40.0 Å². The number of hydrogen-bond donors (Lipinski definition) is 1. The molecule has 1 amide bonds. The van der Waals surface area contributed by atoms with Crippen LogP contribution in [-0.2, 0) is 4.74 Å². The lowest BCUT2D eigenvalue weighted by Gasteiger charge is -2.36. The maximum Gasteiger partial charge on any atom is 0.413 e. The molecule has 1 aliphatic rings. The quantitative estimate of drug-likeness (QED) is 0.218. The van der Waals surface area contributed by atoms with E-state index in [4.69, 9.17) is 14.5 Å². The van der Waals surface area contributed by atoms with Gasteiger partial charge in [-0.3, -0.25) is 9.88 Å². The molecule has 0 radical (unpaired) electrons. The SMILES string of the molecule is CC(C)(C)OC(=O)N1CCCCC1Oc1cc2nc(Nc3cccc(-c4cccnc4)c3)ncc2cc1-c1nccs1. The molecule has 1 fully saturated rings. The van der Waals surface area contributed by atoms with Crippen LogP contribution in [0.3, 0.4) is 0 Å². The summed E-state index contributed by atoms with van der Waals surface area (Å²) in [5.74, 6) is 1.08. The van der Waals surface area contributed by atoms with Crippen LogP contribution in [0.15, 0.2) is 78.7 Å². The van der Waals surface area contributed by atoms with Crippen molar-refractivity contribution < 1.29 is 14.3 Å². The number of benzene rings is 2. The summed E-state index contributed by atoms with van der Waals surface area (Å²) in [6, 6.07) is 15.9. The molecule has 1 unspecified atom stereocenters. The van der Waals surface area contributed by atoms with Crippen LogP contribution >= 0.6 is 11.3 Å². The Morgan fingerprint density at radius 3 is 2.69 bits per heavy atom. The van der Waals surface area contributed by atoms with E-state index in [1.165, 1.54) is 11.3 Å². The van der Waals surface area contributed by atoms with Gasteiger partial charge in [-0.2, -0.15) is 0 Å². The molecule has 5 aromatic rings. The van der Waals surface area contributed by atoms with Crippen molar-refractivity contribution in [2.24, 2.45) is 0 Å². The summed E-state index contributed by atoms with van der Waals surface area (Å²) in [5.41, 5.74) is 3.89. The highest BCUT2D eigenvalue weighted by molar-refractivity contribution is 7.13. The molecule has 0 aliphatic carbocycles. The van der Waals surface area contributed by atoms with Gasteiger partial charge in [-0.15, -0.1) is 11.3 Å². The first-order valence-corrected chi connectivity index (χ1v) is 14.8. The lowest BCUT2D eigenvalue weighted by Crippen LogP contribution is -2.48. The number of rotatable bonds is 6. The second-order valence-corrected chi connectivity index (χ2v) is 12.0.